The summed E-state index contributed by atoms with van der Waals surface area (Å²) in [7, 11) is 0. The van der Waals surface area contributed by atoms with E-state index in [1.807, 2.05) is 25.1 Å². The van der Waals surface area contributed by atoms with Gasteiger partial charge in [0.2, 0.25) is 0 Å². The molecular weight excluding hydrogens is 240 g/mol. The average Bonchev–Trinajstić information content (AvgIpc) is 2.96. The highest BCUT2D eigenvalue weighted by Gasteiger charge is 2.31. The predicted molar refractivity (Wildman–Crippen MR) is 71.8 cm³/mol. The molecule has 1 heterocycles. The van der Waals surface area contributed by atoms with Crippen molar-refractivity contribution in [3.05, 3.63) is 59.0 Å². The Labute approximate surface area is 111 Å². The molecule has 0 saturated carbocycles. The number of carbonyl (C=O) groups excluding carboxylic acids is 1. The maximum Gasteiger partial charge on any atom is 0.287 e. The molecular formula is C15H16N2O2. The van der Waals surface area contributed by atoms with Gasteiger partial charge in [0.25, 0.3) is 5.91 Å². The minimum absolute atomic E-state index is 0.0738. The second-order valence-electron chi connectivity index (χ2n) is 5.00. The van der Waals surface area contributed by atoms with Crippen LogP contribution in [0.3, 0.4) is 0 Å². The highest BCUT2D eigenvalue weighted by atomic mass is 16.3. The normalized spacial score (nSPS) is 21.2. The molecule has 1 aromatic heterocycles. The topological polar surface area (TPSA) is 68.3 Å². The number of benzene rings is 1. The standard InChI is InChI=1S/C15H16N2O2/c1-9-6-13(19-8-9)15(18)17-12-7-10-4-2-3-5-11(10)14(12)16/h2-6,8,12,14H,7,16H2,1H3,(H,17,18)/t12-,14-/m1/s1. The Kier molecular flexibility index (Phi) is 2.87. The van der Waals surface area contributed by atoms with E-state index in [0.717, 1.165) is 17.5 Å². The van der Waals surface area contributed by atoms with Gasteiger partial charge in [-0.05, 0) is 36.1 Å². The number of amides is 1. The molecule has 1 aromatic carbocycles. The molecule has 3 rings (SSSR count). The van der Waals surface area contributed by atoms with Crippen molar-refractivity contribution in [1.82, 2.24) is 5.32 Å². The van der Waals surface area contributed by atoms with Crippen LogP contribution in [0.25, 0.3) is 0 Å². The van der Waals surface area contributed by atoms with Gasteiger partial charge in [-0.2, -0.15) is 0 Å². The zero-order chi connectivity index (χ0) is 13.4. The van der Waals surface area contributed by atoms with Gasteiger partial charge >= 0.3 is 0 Å². The molecule has 4 heteroatoms. The molecule has 4 nitrogen and oxygen atoms in total. The molecule has 0 unspecified atom stereocenters. The van der Waals surface area contributed by atoms with E-state index < -0.39 is 0 Å². The third-order valence-corrected chi connectivity index (χ3v) is 3.56. The summed E-state index contributed by atoms with van der Waals surface area (Å²) in [6, 6.07) is 9.53. The van der Waals surface area contributed by atoms with Gasteiger partial charge < -0.3 is 15.5 Å². The van der Waals surface area contributed by atoms with E-state index in [4.69, 9.17) is 10.2 Å². The molecule has 1 amide bonds. The molecule has 1 aliphatic rings. The van der Waals surface area contributed by atoms with Crippen LogP contribution in [0.2, 0.25) is 0 Å². The summed E-state index contributed by atoms with van der Waals surface area (Å²) in [5.74, 6) is 0.127. The van der Waals surface area contributed by atoms with Crippen molar-refractivity contribution in [2.45, 2.75) is 25.4 Å². The molecule has 19 heavy (non-hydrogen) atoms. The largest absolute Gasteiger partial charge is 0.459 e. The minimum atomic E-state index is -0.207. The fraction of sp³-hybridized carbons (Fsp3) is 0.267. The van der Waals surface area contributed by atoms with Crippen molar-refractivity contribution in [1.29, 1.82) is 0 Å². The van der Waals surface area contributed by atoms with Crippen molar-refractivity contribution in [3.63, 3.8) is 0 Å². The fourth-order valence-electron chi connectivity index (χ4n) is 2.56. The number of carbonyl (C=O) groups is 1. The molecule has 0 bridgehead atoms. The Morgan fingerprint density at radius 3 is 2.89 bits per heavy atom. The van der Waals surface area contributed by atoms with E-state index in [0.29, 0.717) is 5.76 Å². The van der Waals surface area contributed by atoms with E-state index in [1.165, 1.54) is 5.56 Å². The first-order valence-electron chi connectivity index (χ1n) is 6.34. The van der Waals surface area contributed by atoms with Crippen LogP contribution in [0.4, 0.5) is 0 Å². The van der Waals surface area contributed by atoms with Crippen molar-refractivity contribution in [2.75, 3.05) is 0 Å². The highest BCUT2D eigenvalue weighted by Crippen LogP contribution is 2.29. The smallest absolute Gasteiger partial charge is 0.287 e. The van der Waals surface area contributed by atoms with Gasteiger partial charge in [-0.15, -0.1) is 0 Å². The first-order chi connectivity index (χ1) is 9.15. The Hall–Kier alpha value is -2.07. The maximum atomic E-state index is 12.1. The summed E-state index contributed by atoms with van der Waals surface area (Å²) in [5, 5.41) is 2.95. The Balaban J connectivity index is 1.74. The third-order valence-electron chi connectivity index (χ3n) is 3.56. The Morgan fingerprint density at radius 2 is 2.21 bits per heavy atom. The van der Waals surface area contributed by atoms with Crippen LogP contribution in [-0.4, -0.2) is 11.9 Å². The number of fused-ring (bicyclic) bond motifs is 1. The van der Waals surface area contributed by atoms with Crippen LogP contribution in [-0.2, 0) is 6.42 Å². The highest BCUT2D eigenvalue weighted by molar-refractivity contribution is 5.92. The lowest BCUT2D eigenvalue weighted by molar-refractivity contribution is 0.0905. The minimum Gasteiger partial charge on any atom is -0.459 e. The van der Waals surface area contributed by atoms with Gasteiger partial charge in [-0.3, -0.25) is 4.79 Å². The predicted octanol–water partition coefficient (Wildman–Crippen LogP) is 1.94. The van der Waals surface area contributed by atoms with Crippen LogP contribution < -0.4 is 11.1 Å². The number of rotatable bonds is 2. The zero-order valence-electron chi connectivity index (χ0n) is 10.7. The van der Waals surface area contributed by atoms with Gasteiger partial charge in [0, 0.05) is 0 Å². The summed E-state index contributed by atoms with van der Waals surface area (Å²) < 4.78 is 5.20. The first kappa shape index (κ1) is 12.0. The second kappa shape index (κ2) is 4.55. The van der Waals surface area contributed by atoms with Crippen molar-refractivity contribution in [3.8, 4) is 0 Å². The van der Waals surface area contributed by atoms with Crippen LogP contribution >= 0.6 is 0 Å². The number of nitrogens with two attached hydrogens (primary N) is 1. The zero-order valence-corrected chi connectivity index (χ0v) is 10.7. The number of nitrogens with one attached hydrogen (secondary N) is 1. The number of hydrogen-bond donors (Lipinski definition) is 2. The van der Waals surface area contributed by atoms with Crippen LogP contribution in [0.1, 0.15) is 33.3 Å². The lowest BCUT2D eigenvalue weighted by atomic mass is 10.1. The number of furan rings is 1. The van der Waals surface area contributed by atoms with Crippen LogP contribution in [0.15, 0.2) is 41.0 Å². The van der Waals surface area contributed by atoms with Gasteiger partial charge in [0.15, 0.2) is 5.76 Å². The molecule has 3 N–H and O–H groups in total. The second-order valence-corrected chi connectivity index (χ2v) is 5.00. The van der Waals surface area contributed by atoms with Gasteiger partial charge in [0.05, 0.1) is 18.3 Å². The molecule has 0 spiro atoms. The molecule has 0 radical (unpaired) electrons. The van der Waals surface area contributed by atoms with E-state index in [1.54, 1.807) is 12.3 Å². The SMILES string of the molecule is Cc1coc(C(=O)N[C@@H]2Cc3ccccc3[C@H]2N)c1. The van der Waals surface area contributed by atoms with Crippen molar-refractivity contribution < 1.29 is 9.21 Å². The van der Waals surface area contributed by atoms with Crippen molar-refractivity contribution >= 4 is 5.91 Å². The molecule has 1 aliphatic carbocycles. The van der Waals surface area contributed by atoms with E-state index >= 15 is 0 Å². The molecule has 2 atom stereocenters. The van der Waals surface area contributed by atoms with Crippen LogP contribution in [0, 0.1) is 6.92 Å². The quantitative estimate of drug-likeness (QED) is 0.862. The summed E-state index contributed by atoms with van der Waals surface area (Å²) >= 11 is 0. The summed E-state index contributed by atoms with van der Waals surface area (Å²) in [6.45, 7) is 1.89. The fourth-order valence-corrected chi connectivity index (χ4v) is 2.56. The first-order valence-corrected chi connectivity index (χ1v) is 6.34. The van der Waals surface area contributed by atoms with E-state index in [9.17, 15) is 4.79 Å². The lowest BCUT2D eigenvalue weighted by Gasteiger charge is -2.17. The number of aryl methyl sites for hydroxylation is 1. The van der Waals surface area contributed by atoms with Crippen molar-refractivity contribution in [2.24, 2.45) is 5.73 Å². The maximum absolute atomic E-state index is 12.1. The van der Waals surface area contributed by atoms with Gasteiger partial charge in [-0.1, -0.05) is 24.3 Å². The molecule has 2 aromatic rings. The summed E-state index contributed by atoms with van der Waals surface area (Å²) in [4.78, 5) is 12.1. The molecule has 0 fully saturated rings. The Bertz CT molecular complexity index is 618. The average molecular weight is 256 g/mol. The van der Waals surface area contributed by atoms with Crippen LogP contribution in [0.5, 0.6) is 0 Å². The van der Waals surface area contributed by atoms with Gasteiger partial charge in [0.1, 0.15) is 0 Å². The Morgan fingerprint density at radius 1 is 1.42 bits per heavy atom. The lowest BCUT2D eigenvalue weighted by Crippen LogP contribution is -2.40. The third kappa shape index (κ3) is 2.15. The van der Waals surface area contributed by atoms with Gasteiger partial charge in [-0.25, -0.2) is 0 Å². The molecule has 0 saturated heterocycles. The summed E-state index contributed by atoms with van der Waals surface area (Å²) in [5.41, 5.74) is 9.43. The number of hydrogen-bond acceptors (Lipinski definition) is 3. The molecule has 98 valence electrons. The van der Waals surface area contributed by atoms with E-state index in [2.05, 4.69) is 11.4 Å². The molecule has 0 aliphatic heterocycles. The van der Waals surface area contributed by atoms with E-state index in [-0.39, 0.29) is 18.0 Å². The summed E-state index contributed by atoms with van der Waals surface area (Å²) in [6.07, 6.45) is 2.33. The monoisotopic (exact) mass is 256 g/mol.